The average Bonchev–Trinajstić information content (AvgIpc) is 3.27. The van der Waals surface area contributed by atoms with Crippen molar-refractivity contribution in [1.82, 2.24) is 4.98 Å². The highest BCUT2D eigenvalue weighted by Crippen LogP contribution is 2.30. The van der Waals surface area contributed by atoms with Crippen LogP contribution in [-0.4, -0.2) is 29.1 Å². The number of nitrogens with zero attached hydrogens (tertiary/aromatic N) is 1. The number of nitrogens with one attached hydrogen (secondary N) is 1. The van der Waals surface area contributed by atoms with E-state index in [0.717, 1.165) is 17.0 Å². The van der Waals surface area contributed by atoms with Crippen LogP contribution in [-0.2, 0) is 0 Å². The SMILES string of the molecule is COc1ccc(-c2csc(NC(=O)c3ccccc3-c3ccccc3C(=O)O)n2)cc1. The summed E-state index contributed by atoms with van der Waals surface area (Å²) < 4.78 is 5.17. The van der Waals surface area contributed by atoms with Crippen LogP contribution < -0.4 is 10.1 Å². The van der Waals surface area contributed by atoms with E-state index in [2.05, 4.69) is 10.3 Å². The monoisotopic (exact) mass is 430 g/mol. The number of carboxylic acids is 1. The summed E-state index contributed by atoms with van der Waals surface area (Å²) in [6, 6.07) is 21.0. The lowest BCUT2D eigenvalue weighted by molar-refractivity contribution is 0.0697. The summed E-state index contributed by atoms with van der Waals surface area (Å²) in [5.74, 6) is -0.646. The highest BCUT2D eigenvalue weighted by Gasteiger charge is 2.18. The van der Waals surface area contributed by atoms with Gasteiger partial charge in [-0.15, -0.1) is 11.3 Å². The van der Waals surface area contributed by atoms with Crippen molar-refractivity contribution >= 4 is 28.3 Å². The number of ether oxygens (including phenoxy) is 1. The van der Waals surface area contributed by atoms with Crippen molar-refractivity contribution in [2.75, 3.05) is 12.4 Å². The summed E-state index contributed by atoms with van der Waals surface area (Å²) in [6.45, 7) is 0. The molecule has 31 heavy (non-hydrogen) atoms. The number of amides is 1. The van der Waals surface area contributed by atoms with Crippen LogP contribution in [0.5, 0.6) is 5.75 Å². The minimum Gasteiger partial charge on any atom is -0.497 e. The third-order valence-electron chi connectivity index (χ3n) is 4.73. The van der Waals surface area contributed by atoms with Crippen LogP contribution in [0.2, 0.25) is 0 Å². The van der Waals surface area contributed by atoms with Crippen LogP contribution in [0.1, 0.15) is 20.7 Å². The Labute approximate surface area is 182 Å². The second-order valence-corrected chi connectivity index (χ2v) is 7.47. The minimum atomic E-state index is -1.05. The van der Waals surface area contributed by atoms with Gasteiger partial charge in [-0.2, -0.15) is 0 Å². The molecule has 6 nitrogen and oxygen atoms in total. The summed E-state index contributed by atoms with van der Waals surface area (Å²) in [6.07, 6.45) is 0. The molecule has 0 saturated carbocycles. The molecule has 0 aliphatic rings. The molecule has 0 aliphatic heterocycles. The van der Waals surface area contributed by atoms with E-state index in [9.17, 15) is 14.7 Å². The summed E-state index contributed by atoms with van der Waals surface area (Å²) in [4.78, 5) is 29.1. The number of hydrogen-bond donors (Lipinski definition) is 2. The summed E-state index contributed by atoms with van der Waals surface area (Å²) >= 11 is 1.32. The quantitative estimate of drug-likeness (QED) is 0.425. The highest BCUT2D eigenvalue weighted by molar-refractivity contribution is 7.14. The Morgan fingerprint density at radius 3 is 2.16 bits per heavy atom. The Hall–Kier alpha value is -3.97. The van der Waals surface area contributed by atoms with Crippen LogP contribution in [0, 0.1) is 0 Å². The Balaban J connectivity index is 1.61. The molecule has 2 N–H and O–H groups in total. The van der Waals surface area contributed by atoms with Gasteiger partial charge in [0.15, 0.2) is 5.13 Å². The van der Waals surface area contributed by atoms with Crippen molar-refractivity contribution in [2.24, 2.45) is 0 Å². The highest BCUT2D eigenvalue weighted by atomic mass is 32.1. The van der Waals surface area contributed by atoms with Crippen LogP contribution in [0.15, 0.2) is 78.2 Å². The third kappa shape index (κ3) is 4.31. The largest absolute Gasteiger partial charge is 0.497 e. The van der Waals surface area contributed by atoms with Crippen LogP contribution in [0.25, 0.3) is 22.4 Å². The van der Waals surface area contributed by atoms with Gasteiger partial charge in [0.25, 0.3) is 5.91 Å². The summed E-state index contributed by atoms with van der Waals surface area (Å²) in [7, 11) is 1.61. The first-order valence-electron chi connectivity index (χ1n) is 9.40. The van der Waals surface area contributed by atoms with Crippen molar-refractivity contribution in [3.63, 3.8) is 0 Å². The molecule has 1 heterocycles. The molecule has 4 rings (SSSR count). The number of anilines is 1. The third-order valence-corrected chi connectivity index (χ3v) is 5.49. The Morgan fingerprint density at radius 1 is 0.903 bits per heavy atom. The van der Waals surface area contributed by atoms with Gasteiger partial charge in [0.1, 0.15) is 5.75 Å². The molecule has 0 fully saturated rings. The van der Waals surface area contributed by atoms with Gasteiger partial charge >= 0.3 is 5.97 Å². The van der Waals surface area contributed by atoms with Gasteiger partial charge in [0, 0.05) is 16.5 Å². The molecule has 0 saturated heterocycles. The molecule has 7 heteroatoms. The summed E-state index contributed by atoms with van der Waals surface area (Å²) in [5, 5.41) is 14.7. The van der Waals surface area contributed by atoms with E-state index in [4.69, 9.17) is 4.74 Å². The zero-order valence-electron chi connectivity index (χ0n) is 16.5. The van der Waals surface area contributed by atoms with Gasteiger partial charge in [-0.3, -0.25) is 10.1 Å². The second kappa shape index (κ2) is 8.81. The second-order valence-electron chi connectivity index (χ2n) is 6.62. The fourth-order valence-corrected chi connectivity index (χ4v) is 3.93. The number of hydrogen-bond acceptors (Lipinski definition) is 5. The van der Waals surface area contributed by atoms with Gasteiger partial charge in [-0.25, -0.2) is 9.78 Å². The van der Waals surface area contributed by atoms with E-state index in [0.29, 0.717) is 21.8 Å². The normalized spacial score (nSPS) is 10.5. The number of carbonyl (C=O) groups is 2. The number of carboxylic acid groups (broad SMARTS) is 1. The first-order valence-corrected chi connectivity index (χ1v) is 10.3. The number of carbonyl (C=O) groups excluding carboxylic acids is 1. The van der Waals surface area contributed by atoms with Crippen molar-refractivity contribution in [3.8, 4) is 28.1 Å². The Kier molecular flexibility index (Phi) is 5.77. The maximum atomic E-state index is 13.0. The predicted octanol–water partition coefficient (Wildman–Crippen LogP) is 5.44. The van der Waals surface area contributed by atoms with Gasteiger partial charge in [-0.05, 0) is 47.5 Å². The first kappa shape index (κ1) is 20.3. The molecule has 0 spiro atoms. The molecule has 4 aromatic rings. The van der Waals surface area contributed by atoms with E-state index >= 15 is 0 Å². The molecule has 0 radical (unpaired) electrons. The van der Waals surface area contributed by atoms with E-state index < -0.39 is 5.97 Å². The van der Waals surface area contributed by atoms with Crippen molar-refractivity contribution in [3.05, 3.63) is 89.3 Å². The number of thiazole rings is 1. The van der Waals surface area contributed by atoms with E-state index in [1.165, 1.54) is 17.4 Å². The van der Waals surface area contributed by atoms with Gasteiger partial charge in [0.2, 0.25) is 0 Å². The zero-order chi connectivity index (χ0) is 21.8. The van der Waals surface area contributed by atoms with Crippen molar-refractivity contribution < 1.29 is 19.4 Å². The lowest BCUT2D eigenvalue weighted by Gasteiger charge is -2.11. The fourth-order valence-electron chi connectivity index (χ4n) is 3.21. The Morgan fingerprint density at radius 2 is 1.52 bits per heavy atom. The lowest BCUT2D eigenvalue weighted by atomic mass is 9.95. The van der Waals surface area contributed by atoms with Gasteiger partial charge in [0.05, 0.1) is 18.4 Å². The zero-order valence-corrected chi connectivity index (χ0v) is 17.3. The average molecular weight is 430 g/mol. The van der Waals surface area contributed by atoms with Crippen molar-refractivity contribution in [1.29, 1.82) is 0 Å². The summed E-state index contributed by atoms with van der Waals surface area (Å²) in [5.41, 5.74) is 3.20. The van der Waals surface area contributed by atoms with E-state index in [1.54, 1.807) is 49.6 Å². The van der Waals surface area contributed by atoms with Crippen molar-refractivity contribution in [2.45, 2.75) is 0 Å². The number of aromatic carboxylic acids is 1. The maximum absolute atomic E-state index is 13.0. The van der Waals surface area contributed by atoms with E-state index in [-0.39, 0.29) is 11.5 Å². The predicted molar refractivity (Wildman–Crippen MR) is 121 cm³/mol. The smallest absolute Gasteiger partial charge is 0.336 e. The van der Waals surface area contributed by atoms with E-state index in [1.807, 2.05) is 29.6 Å². The number of methoxy groups -OCH3 is 1. The first-order chi connectivity index (χ1) is 15.1. The standard InChI is InChI=1S/C24H18N2O4S/c1-30-16-12-10-15(11-13-16)21-14-31-24(25-21)26-22(27)19-8-4-2-6-17(19)18-7-3-5-9-20(18)23(28)29/h2-14H,1H3,(H,28,29)(H,25,26,27). The molecular weight excluding hydrogens is 412 g/mol. The molecule has 0 bridgehead atoms. The number of benzene rings is 3. The molecule has 3 aromatic carbocycles. The lowest BCUT2D eigenvalue weighted by Crippen LogP contribution is -2.13. The van der Waals surface area contributed by atoms with Gasteiger partial charge in [-0.1, -0.05) is 36.4 Å². The minimum absolute atomic E-state index is 0.138. The number of rotatable bonds is 6. The molecule has 1 amide bonds. The number of aromatic nitrogens is 1. The Bertz CT molecular complexity index is 1250. The van der Waals surface area contributed by atoms with Gasteiger partial charge < -0.3 is 9.84 Å². The topological polar surface area (TPSA) is 88.5 Å². The van der Waals surface area contributed by atoms with Crippen LogP contribution >= 0.6 is 11.3 Å². The fraction of sp³-hybridized carbons (Fsp3) is 0.0417. The molecule has 1 aromatic heterocycles. The molecular formula is C24H18N2O4S. The molecule has 0 aliphatic carbocycles. The van der Waals surface area contributed by atoms with Crippen LogP contribution in [0.3, 0.4) is 0 Å². The molecule has 0 unspecified atom stereocenters. The molecule has 154 valence electrons. The van der Waals surface area contributed by atoms with Crippen LogP contribution in [0.4, 0.5) is 5.13 Å². The maximum Gasteiger partial charge on any atom is 0.336 e. The molecule has 0 atom stereocenters.